The summed E-state index contributed by atoms with van der Waals surface area (Å²) in [4.78, 5) is 11.8. The Labute approximate surface area is 150 Å². The van der Waals surface area contributed by atoms with Crippen molar-refractivity contribution >= 4 is 5.78 Å². The van der Waals surface area contributed by atoms with Gasteiger partial charge in [-0.1, -0.05) is 103 Å². The fourth-order valence-electron chi connectivity index (χ4n) is 3.42. The third-order valence-corrected chi connectivity index (χ3v) is 5.09. The molecule has 136 valence electrons. The van der Waals surface area contributed by atoms with Crippen LogP contribution in [0.3, 0.4) is 0 Å². The summed E-state index contributed by atoms with van der Waals surface area (Å²) < 4.78 is 0. The van der Waals surface area contributed by atoms with Crippen molar-refractivity contribution in [2.45, 2.75) is 104 Å². The molecular weight excluding hydrogens is 292 g/mol. The Hall–Kier alpha value is -1.11. The number of unbranched alkanes of at least 4 members (excludes halogenated alkanes) is 7. The van der Waals surface area contributed by atoms with Crippen LogP contribution in [0.2, 0.25) is 0 Å². The summed E-state index contributed by atoms with van der Waals surface area (Å²) in [6.45, 7) is 6.48. The molecule has 1 atom stereocenters. The molecule has 1 heteroatoms. The fraction of sp³-hybridized carbons (Fsp3) is 0.696. The van der Waals surface area contributed by atoms with Gasteiger partial charge in [0.25, 0.3) is 0 Å². The topological polar surface area (TPSA) is 17.1 Å². The van der Waals surface area contributed by atoms with Gasteiger partial charge in [-0.2, -0.15) is 0 Å². The third kappa shape index (κ3) is 8.13. The van der Waals surface area contributed by atoms with Crippen LogP contribution >= 0.6 is 0 Å². The minimum atomic E-state index is 0.249. The molecule has 0 saturated carbocycles. The first-order valence-corrected chi connectivity index (χ1v) is 10.4. The van der Waals surface area contributed by atoms with Gasteiger partial charge in [0.05, 0.1) is 0 Å². The van der Waals surface area contributed by atoms with Gasteiger partial charge in [0.2, 0.25) is 0 Å². The van der Waals surface area contributed by atoms with E-state index in [0.29, 0.717) is 12.3 Å². The summed E-state index contributed by atoms with van der Waals surface area (Å²) in [5.41, 5.74) is 2.30. The van der Waals surface area contributed by atoms with E-state index in [-0.39, 0.29) is 5.78 Å². The molecule has 0 spiro atoms. The van der Waals surface area contributed by atoms with Crippen molar-refractivity contribution in [2.75, 3.05) is 0 Å². The van der Waals surface area contributed by atoms with Gasteiger partial charge < -0.3 is 0 Å². The Kier molecular flexibility index (Phi) is 11.5. The second-order valence-electron chi connectivity index (χ2n) is 7.15. The second kappa shape index (κ2) is 13.2. The average Bonchev–Trinajstić information content (AvgIpc) is 2.63. The van der Waals surface area contributed by atoms with Gasteiger partial charge in [0.15, 0.2) is 5.78 Å². The molecule has 0 aliphatic carbocycles. The zero-order valence-electron chi connectivity index (χ0n) is 16.3. The lowest BCUT2D eigenvalue weighted by Gasteiger charge is -2.17. The zero-order chi connectivity index (χ0) is 17.6. The molecule has 1 nitrogen and oxygen atoms in total. The summed E-state index contributed by atoms with van der Waals surface area (Å²) in [6.07, 6.45) is 15.4. The van der Waals surface area contributed by atoms with Crippen molar-refractivity contribution in [1.82, 2.24) is 0 Å². The highest BCUT2D eigenvalue weighted by molar-refractivity contribution is 5.95. The van der Waals surface area contributed by atoms with Gasteiger partial charge in [-0.15, -0.1) is 0 Å². The van der Waals surface area contributed by atoms with Gasteiger partial charge in [-0.3, -0.25) is 4.79 Å². The smallest absolute Gasteiger partial charge is 0.162 e. The molecule has 1 rings (SSSR count). The van der Waals surface area contributed by atoms with Crippen LogP contribution in [0.25, 0.3) is 0 Å². The first-order valence-electron chi connectivity index (χ1n) is 10.4. The van der Waals surface area contributed by atoms with E-state index >= 15 is 0 Å². The summed E-state index contributed by atoms with van der Waals surface area (Å²) in [7, 11) is 0. The zero-order valence-corrected chi connectivity index (χ0v) is 16.3. The van der Waals surface area contributed by atoms with Crippen LogP contribution in [0.15, 0.2) is 24.3 Å². The first kappa shape index (κ1) is 20.9. The highest BCUT2D eigenvalue weighted by Gasteiger charge is 2.12. The molecule has 1 aromatic rings. The SMILES string of the molecule is CCCCCCCCC[C@H](CCCC)c1ccc(C(=O)CC)cc1. The number of benzene rings is 1. The minimum Gasteiger partial charge on any atom is -0.294 e. The summed E-state index contributed by atoms with van der Waals surface area (Å²) in [6, 6.07) is 8.46. The Balaban J connectivity index is 2.47. The van der Waals surface area contributed by atoms with Crippen molar-refractivity contribution in [3.8, 4) is 0 Å². The van der Waals surface area contributed by atoms with Crippen LogP contribution in [0, 0.1) is 0 Å². The number of hydrogen-bond donors (Lipinski definition) is 0. The van der Waals surface area contributed by atoms with Crippen molar-refractivity contribution in [2.24, 2.45) is 0 Å². The number of ketones is 1. The van der Waals surface area contributed by atoms with E-state index in [0.717, 1.165) is 5.56 Å². The number of carbonyl (C=O) groups excluding carboxylic acids is 1. The van der Waals surface area contributed by atoms with E-state index in [1.165, 1.54) is 76.2 Å². The van der Waals surface area contributed by atoms with Gasteiger partial charge >= 0.3 is 0 Å². The van der Waals surface area contributed by atoms with E-state index < -0.39 is 0 Å². The molecule has 0 unspecified atom stereocenters. The van der Waals surface area contributed by atoms with Crippen molar-refractivity contribution in [3.05, 3.63) is 35.4 Å². The molecule has 0 saturated heterocycles. The Morgan fingerprint density at radius 3 is 1.88 bits per heavy atom. The van der Waals surface area contributed by atoms with Crippen LogP contribution in [-0.4, -0.2) is 5.78 Å². The predicted octanol–water partition coefficient (Wildman–Crippen LogP) is 7.69. The summed E-state index contributed by atoms with van der Waals surface area (Å²) in [5, 5.41) is 0. The lowest BCUT2D eigenvalue weighted by Crippen LogP contribution is -2.02. The van der Waals surface area contributed by atoms with E-state index in [1.807, 2.05) is 19.1 Å². The largest absolute Gasteiger partial charge is 0.294 e. The molecule has 1 aromatic carbocycles. The van der Waals surface area contributed by atoms with E-state index in [4.69, 9.17) is 0 Å². The third-order valence-electron chi connectivity index (χ3n) is 5.09. The van der Waals surface area contributed by atoms with Gasteiger partial charge in [0, 0.05) is 12.0 Å². The molecule has 0 amide bonds. The highest BCUT2D eigenvalue weighted by atomic mass is 16.1. The van der Waals surface area contributed by atoms with Gasteiger partial charge in [-0.25, -0.2) is 0 Å². The highest BCUT2D eigenvalue weighted by Crippen LogP contribution is 2.28. The van der Waals surface area contributed by atoms with Gasteiger partial charge in [-0.05, 0) is 24.3 Å². The summed E-state index contributed by atoms with van der Waals surface area (Å²) >= 11 is 0. The molecule has 0 N–H and O–H groups in total. The van der Waals surface area contributed by atoms with E-state index in [9.17, 15) is 4.79 Å². The first-order chi connectivity index (χ1) is 11.7. The normalized spacial score (nSPS) is 12.3. The van der Waals surface area contributed by atoms with Crippen LogP contribution in [0.5, 0.6) is 0 Å². The Morgan fingerprint density at radius 1 is 0.750 bits per heavy atom. The molecule has 0 fully saturated rings. The summed E-state index contributed by atoms with van der Waals surface area (Å²) in [5.74, 6) is 0.921. The molecule has 0 radical (unpaired) electrons. The van der Waals surface area contributed by atoms with E-state index in [2.05, 4.69) is 26.0 Å². The molecule has 24 heavy (non-hydrogen) atoms. The maximum atomic E-state index is 11.8. The van der Waals surface area contributed by atoms with E-state index in [1.54, 1.807) is 0 Å². The van der Waals surface area contributed by atoms with Gasteiger partial charge in [0.1, 0.15) is 0 Å². The number of rotatable bonds is 14. The minimum absolute atomic E-state index is 0.249. The molecule has 0 aliphatic rings. The molecular formula is C23H38O. The lowest BCUT2D eigenvalue weighted by molar-refractivity contribution is 0.0988. The maximum absolute atomic E-state index is 11.8. The van der Waals surface area contributed by atoms with Crippen LogP contribution < -0.4 is 0 Å². The Morgan fingerprint density at radius 2 is 1.29 bits per heavy atom. The maximum Gasteiger partial charge on any atom is 0.162 e. The monoisotopic (exact) mass is 330 g/mol. The van der Waals surface area contributed by atoms with Crippen molar-refractivity contribution in [3.63, 3.8) is 0 Å². The quantitative estimate of drug-likeness (QED) is 0.252. The number of carbonyl (C=O) groups is 1. The standard InChI is InChI=1S/C23H38O/c1-4-7-9-10-11-12-13-15-20(14-8-5-2)21-16-18-22(19-17-21)23(24)6-3/h16-20H,4-15H2,1-3H3/t20-/m0/s1. The molecule has 0 aliphatic heterocycles. The number of Topliss-reactive ketones (excluding diaryl/α,β-unsaturated/α-hetero) is 1. The van der Waals surface area contributed by atoms with Crippen molar-refractivity contribution < 1.29 is 4.79 Å². The van der Waals surface area contributed by atoms with Crippen LogP contribution in [0.4, 0.5) is 0 Å². The lowest BCUT2D eigenvalue weighted by atomic mass is 9.88. The number of hydrogen-bond acceptors (Lipinski definition) is 1. The average molecular weight is 331 g/mol. The molecule has 0 bridgehead atoms. The molecule has 0 heterocycles. The fourth-order valence-corrected chi connectivity index (χ4v) is 3.42. The van der Waals surface area contributed by atoms with Crippen molar-refractivity contribution in [1.29, 1.82) is 0 Å². The Bertz CT molecular complexity index is 432. The predicted molar refractivity (Wildman–Crippen MR) is 106 cm³/mol. The van der Waals surface area contributed by atoms with Crippen LogP contribution in [0.1, 0.15) is 120 Å². The molecule has 0 aromatic heterocycles. The van der Waals surface area contributed by atoms with Crippen LogP contribution in [-0.2, 0) is 0 Å². The second-order valence-corrected chi connectivity index (χ2v) is 7.15.